The van der Waals surface area contributed by atoms with Gasteiger partial charge in [-0.25, -0.2) is 9.59 Å². The summed E-state index contributed by atoms with van der Waals surface area (Å²) in [4.78, 5) is 24.8. The zero-order chi connectivity index (χ0) is 32.3. The SMILES string of the molecule is COCOc1ccc(C(=O)OC)c(/C=C/C[C@H]2OC(C)(C)O[C@@H]2C(/C=C\C[C@H](C)O)OCc2ccc(OC)cc2)c1C(=O)O. The fourth-order valence-corrected chi connectivity index (χ4v) is 4.75. The van der Waals surface area contributed by atoms with Gasteiger partial charge in [0, 0.05) is 12.7 Å². The van der Waals surface area contributed by atoms with E-state index in [2.05, 4.69) is 0 Å². The fourth-order valence-electron chi connectivity index (χ4n) is 4.75. The molecule has 2 aromatic rings. The average molecular weight is 615 g/mol. The Hall–Kier alpha value is -3.74. The molecule has 1 unspecified atom stereocenters. The molecular weight excluding hydrogens is 572 g/mol. The van der Waals surface area contributed by atoms with Gasteiger partial charge in [0.1, 0.15) is 29.3 Å². The van der Waals surface area contributed by atoms with Crippen molar-refractivity contribution in [3.05, 3.63) is 76.9 Å². The van der Waals surface area contributed by atoms with Gasteiger partial charge in [-0.1, -0.05) is 36.4 Å². The number of carbonyl (C=O) groups is 2. The minimum absolute atomic E-state index is 0.0429. The Balaban J connectivity index is 1.91. The van der Waals surface area contributed by atoms with E-state index in [4.69, 9.17) is 33.2 Å². The van der Waals surface area contributed by atoms with Crippen molar-refractivity contribution in [2.45, 2.75) is 70.4 Å². The van der Waals surface area contributed by atoms with Gasteiger partial charge in [0.25, 0.3) is 0 Å². The summed E-state index contributed by atoms with van der Waals surface area (Å²) < 4.78 is 39.4. The number of carboxylic acid groups (broad SMARTS) is 1. The van der Waals surface area contributed by atoms with Crippen LogP contribution in [0.1, 0.15) is 65.5 Å². The van der Waals surface area contributed by atoms with Crippen LogP contribution in [-0.4, -0.2) is 80.5 Å². The highest BCUT2D eigenvalue weighted by Crippen LogP contribution is 2.35. The van der Waals surface area contributed by atoms with E-state index in [9.17, 15) is 19.8 Å². The third kappa shape index (κ3) is 9.63. The number of aliphatic hydroxyl groups is 1. The number of esters is 1. The molecule has 3 rings (SSSR count). The molecule has 0 bridgehead atoms. The zero-order valence-electron chi connectivity index (χ0n) is 26.0. The number of carboxylic acids is 1. The van der Waals surface area contributed by atoms with Crippen LogP contribution < -0.4 is 9.47 Å². The fraction of sp³-hybridized carbons (Fsp3) is 0.455. The summed E-state index contributed by atoms with van der Waals surface area (Å²) in [7, 11) is 4.24. The van der Waals surface area contributed by atoms with Crippen molar-refractivity contribution in [3.63, 3.8) is 0 Å². The summed E-state index contributed by atoms with van der Waals surface area (Å²) in [5.74, 6) is -2.13. The van der Waals surface area contributed by atoms with Crippen LogP contribution in [0.15, 0.2) is 54.6 Å². The Morgan fingerprint density at radius 1 is 1.05 bits per heavy atom. The number of carbonyl (C=O) groups excluding carboxylic acids is 1. The lowest BCUT2D eigenvalue weighted by atomic mass is 9.97. The molecule has 4 atom stereocenters. The van der Waals surface area contributed by atoms with Gasteiger partial charge < -0.3 is 43.4 Å². The molecule has 1 aliphatic rings. The Morgan fingerprint density at radius 2 is 1.77 bits per heavy atom. The van der Waals surface area contributed by atoms with Gasteiger partial charge >= 0.3 is 11.9 Å². The van der Waals surface area contributed by atoms with E-state index in [0.29, 0.717) is 12.8 Å². The zero-order valence-corrected chi connectivity index (χ0v) is 26.0. The number of aliphatic hydroxyl groups excluding tert-OH is 1. The monoisotopic (exact) mass is 614 g/mol. The van der Waals surface area contributed by atoms with E-state index in [1.54, 1.807) is 34.0 Å². The van der Waals surface area contributed by atoms with Gasteiger partial charge in [-0.3, -0.25) is 0 Å². The predicted molar refractivity (Wildman–Crippen MR) is 162 cm³/mol. The molecule has 0 aliphatic carbocycles. The molecule has 0 amide bonds. The Bertz CT molecular complexity index is 1300. The van der Waals surface area contributed by atoms with Crippen molar-refractivity contribution in [2.75, 3.05) is 28.1 Å². The topological polar surface area (TPSA) is 139 Å². The molecule has 44 heavy (non-hydrogen) atoms. The third-order valence-corrected chi connectivity index (χ3v) is 6.76. The maximum Gasteiger partial charge on any atom is 0.340 e. The number of hydrogen-bond donors (Lipinski definition) is 2. The van der Waals surface area contributed by atoms with Crippen molar-refractivity contribution < 1.29 is 53.0 Å². The van der Waals surface area contributed by atoms with E-state index in [-0.39, 0.29) is 35.8 Å². The average Bonchev–Trinajstić information content (AvgIpc) is 3.30. The first kappa shape index (κ1) is 34.7. The lowest BCUT2D eigenvalue weighted by molar-refractivity contribution is -0.156. The maximum atomic E-state index is 12.5. The molecule has 0 spiro atoms. The van der Waals surface area contributed by atoms with Gasteiger partial charge in [0.2, 0.25) is 0 Å². The standard InChI is InChI=1S/C33H42O11/c1-21(34)9-7-11-27(41-19-22-13-15-23(39-5)16-14-22)30-28(43-33(2,3)44-30)12-8-10-24-25(32(37)40-6)17-18-26(42-20-38-4)29(24)31(35)36/h7-8,10-11,13-18,21,27-28,30,34H,9,12,19-20H2,1-6H3,(H,35,36)/b10-8+,11-7-/t21-,27?,28+,30+/m0/s1. The Kier molecular flexibility index (Phi) is 12.9. The summed E-state index contributed by atoms with van der Waals surface area (Å²) in [5.41, 5.74) is 0.912. The Labute approximate surface area is 257 Å². The van der Waals surface area contributed by atoms with Gasteiger partial charge in [0.05, 0.1) is 38.6 Å². The van der Waals surface area contributed by atoms with Gasteiger partial charge in [-0.15, -0.1) is 0 Å². The molecule has 11 heteroatoms. The second-order valence-corrected chi connectivity index (χ2v) is 10.7. The van der Waals surface area contributed by atoms with E-state index >= 15 is 0 Å². The molecule has 1 fully saturated rings. The highest BCUT2D eigenvalue weighted by atomic mass is 16.8. The van der Waals surface area contributed by atoms with Crippen LogP contribution in [0.3, 0.4) is 0 Å². The molecule has 0 aromatic heterocycles. The molecular formula is C33H42O11. The maximum absolute atomic E-state index is 12.5. The highest BCUT2D eigenvalue weighted by molar-refractivity contribution is 6.02. The molecule has 0 saturated carbocycles. The Morgan fingerprint density at radius 3 is 2.39 bits per heavy atom. The van der Waals surface area contributed by atoms with Crippen LogP contribution in [0.5, 0.6) is 11.5 Å². The van der Waals surface area contributed by atoms with E-state index in [0.717, 1.165) is 11.3 Å². The lowest BCUT2D eigenvalue weighted by Crippen LogP contribution is -2.36. The molecule has 240 valence electrons. The molecule has 11 nitrogen and oxygen atoms in total. The molecule has 1 saturated heterocycles. The highest BCUT2D eigenvalue weighted by Gasteiger charge is 2.44. The van der Waals surface area contributed by atoms with Crippen LogP contribution >= 0.6 is 0 Å². The van der Waals surface area contributed by atoms with Crippen molar-refractivity contribution >= 4 is 18.0 Å². The molecule has 0 radical (unpaired) electrons. The van der Waals surface area contributed by atoms with Crippen molar-refractivity contribution in [1.29, 1.82) is 0 Å². The molecule has 1 heterocycles. The first-order valence-electron chi connectivity index (χ1n) is 14.2. The number of rotatable bonds is 16. The normalized spacial score (nSPS) is 19.2. The largest absolute Gasteiger partial charge is 0.497 e. The predicted octanol–water partition coefficient (Wildman–Crippen LogP) is 5.00. The molecule has 2 N–H and O–H groups in total. The summed E-state index contributed by atoms with van der Waals surface area (Å²) in [5, 5.41) is 19.8. The third-order valence-electron chi connectivity index (χ3n) is 6.76. The number of ether oxygens (including phenoxy) is 7. The quantitative estimate of drug-likeness (QED) is 0.150. The minimum Gasteiger partial charge on any atom is -0.497 e. The first-order chi connectivity index (χ1) is 21.0. The van der Waals surface area contributed by atoms with Gasteiger partial charge in [0.15, 0.2) is 12.6 Å². The van der Waals surface area contributed by atoms with Crippen molar-refractivity contribution in [3.8, 4) is 11.5 Å². The second-order valence-electron chi connectivity index (χ2n) is 10.7. The van der Waals surface area contributed by atoms with Crippen LogP contribution in [-0.2, 0) is 30.3 Å². The van der Waals surface area contributed by atoms with Crippen molar-refractivity contribution in [1.82, 2.24) is 0 Å². The number of benzene rings is 2. The second kappa shape index (κ2) is 16.4. The summed E-state index contributed by atoms with van der Waals surface area (Å²) in [6, 6.07) is 10.4. The number of methoxy groups -OCH3 is 3. The summed E-state index contributed by atoms with van der Waals surface area (Å²) >= 11 is 0. The first-order valence-corrected chi connectivity index (χ1v) is 14.2. The lowest BCUT2D eigenvalue weighted by Gasteiger charge is -2.24. The van der Waals surface area contributed by atoms with Crippen LogP contribution in [0.2, 0.25) is 0 Å². The van der Waals surface area contributed by atoms with Crippen LogP contribution in [0.4, 0.5) is 0 Å². The van der Waals surface area contributed by atoms with E-state index < -0.39 is 42.1 Å². The van der Waals surface area contributed by atoms with E-state index in [1.807, 2.05) is 36.4 Å². The van der Waals surface area contributed by atoms with E-state index in [1.165, 1.54) is 32.4 Å². The van der Waals surface area contributed by atoms with Gasteiger partial charge in [-0.2, -0.15) is 0 Å². The smallest absolute Gasteiger partial charge is 0.340 e. The van der Waals surface area contributed by atoms with Crippen LogP contribution in [0, 0.1) is 0 Å². The number of aromatic carboxylic acids is 1. The minimum atomic E-state index is -1.28. The van der Waals surface area contributed by atoms with Crippen molar-refractivity contribution in [2.24, 2.45) is 0 Å². The van der Waals surface area contributed by atoms with Gasteiger partial charge in [-0.05, 0) is 63.4 Å². The van der Waals surface area contributed by atoms with Crippen LogP contribution in [0.25, 0.3) is 6.08 Å². The molecule has 2 aromatic carbocycles. The summed E-state index contributed by atoms with van der Waals surface area (Å²) in [6.07, 6.45) is 5.57. The number of hydrogen-bond acceptors (Lipinski definition) is 10. The molecule has 1 aliphatic heterocycles. The summed E-state index contributed by atoms with van der Waals surface area (Å²) in [6.45, 7) is 5.42.